The molecular weight excluding hydrogens is 142 g/mol. The van der Waals surface area contributed by atoms with E-state index in [4.69, 9.17) is 0 Å². The van der Waals surface area contributed by atoms with Gasteiger partial charge in [-0.2, -0.15) is 4.99 Å². The third-order valence-electron chi connectivity index (χ3n) is 2.10. The molecule has 11 heavy (non-hydrogen) atoms. The fourth-order valence-corrected chi connectivity index (χ4v) is 1.51. The number of hydrogen-bond acceptors (Lipinski definition) is 2. The summed E-state index contributed by atoms with van der Waals surface area (Å²) in [5.41, 5.74) is 0. The van der Waals surface area contributed by atoms with Crippen LogP contribution in [-0.2, 0) is 0 Å². The van der Waals surface area contributed by atoms with Crippen molar-refractivity contribution in [2.75, 3.05) is 19.6 Å². The van der Waals surface area contributed by atoms with Gasteiger partial charge >= 0.3 is 6.03 Å². The minimum atomic E-state index is -0.188. The quantitative estimate of drug-likeness (QED) is 0.540. The molecule has 0 spiro atoms. The number of rotatable bonds is 0. The maximum atomic E-state index is 10.7. The number of amidine groups is 1. The molecule has 60 valence electrons. The summed E-state index contributed by atoms with van der Waals surface area (Å²) in [5, 5.41) is 2.66. The van der Waals surface area contributed by atoms with Gasteiger partial charge in [-0.25, -0.2) is 4.79 Å². The van der Waals surface area contributed by atoms with E-state index in [1.165, 1.54) is 12.8 Å². The van der Waals surface area contributed by atoms with Crippen molar-refractivity contribution in [2.45, 2.75) is 12.8 Å². The summed E-state index contributed by atoms with van der Waals surface area (Å²) in [7, 11) is 0. The second-order valence-electron chi connectivity index (χ2n) is 2.88. The summed E-state index contributed by atoms with van der Waals surface area (Å²) in [4.78, 5) is 16.7. The first-order valence-corrected chi connectivity index (χ1v) is 3.96. The van der Waals surface area contributed by atoms with Gasteiger partial charge in [-0.1, -0.05) is 0 Å². The molecule has 2 amide bonds. The summed E-state index contributed by atoms with van der Waals surface area (Å²) in [6, 6.07) is -0.188. The molecule has 2 aliphatic heterocycles. The van der Waals surface area contributed by atoms with Crippen molar-refractivity contribution in [1.82, 2.24) is 10.2 Å². The second kappa shape index (κ2) is 2.53. The molecule has 0 aromatic carbocycles. The molecule has 2 rings (SSSR count). The van der Waals surface area contributed by atoms with E-state index in [2.05, 4.69) is 15.2 Å². The number of nitrogens with one attached hydrogen (secondary N) is 1. The molecule has 1 fully saturated rings. The first-order valence-electron chi connectivity index (χ1n) is 3.96. The number of carbonyl (C=O) groups excluding carboxylic acids is 1. The highest BCUT2D eigenvalue weighted by atomic mass is 16.2. The number of amides is 2. The van der Waals surface area contributed by atoms with Crippen LogP contribution in [0, 0.1) is 0 Å². The lowest BCUT2D eigenvalue weighted by Gasteiger charge is -2.14. The highest BCUT2D eigenvalue weighted by Gasteiger charge is 2.21. The van der Waals surface area contributed by atoms with Gasteiger partial charge < -0.3 is 10.2 Å². The maximum Gasteiger partial charge on any atom is 0.343 e. The van der Waals surface area contributed by atoms with E-state index in [9.17, 15) is 4.79 Å². The fraction of sp³-hybridized carbons (Fsp3) is 0.714. The highest BCUT2D eigenvalue weighted by Crippen LogP contribution is 2.09. The third kappa shape index (κ3) is 1.20. The molecule has 0 bridgehead atoms. The van der Waals surface area contributed by atoms with Crippen molar-refractivity contribution < 1.29 is 4.79 Å². The normalized spacial score (nSPS) is 23.8. The molecule has 1 N–H and O–H groups in total. The Morgan fingerprint density at radius 3 is 2.64 bits per heavy atom. The predicted molar refractivity (Wildman–Crippen MR) is 41.6 cm³/mol. The molecule has 0 aliphatic carbocycles. The van der Waals surface area contributed by atoms with Crippen LogP contribution in [0.2, 0.25) is 0 Å². The van der Waals surface area contributed by atoms with Crippen LogP contribution in [0.5, 0.6) is 0 Å². The number of carbonyl (C=O) groups is 1. The lowest BCUT2D eigenvalue weighted by molar-refractivity contribution is 0.252. The Bertz CT molecular complexity index is 206. The zero-order valence-electron chi connectivity index (χ0n) is 6.34. The van der Waals surface area contributed by atoms with Crippen molar-refractivity contribution in [1.29, 1.82) is 0 Å². The van der Waals surface area contributed by atoms with Crippen LogP contribution in [0.1, 0.15) is 12.8 Å². The van der Waals surface area contributed by atoms with Gasteiger partial charge in [0, 0.05) is 13.1 Å². The van der Waals surface area contributed by atoms with Crippen LogP contribution >= 0.6 is 0 Å². The molecule has 0 atom stereocenters. The number of urea groups is 1. The van der Waals surface area contributed by atoms with Crippen LogP contribution in [0.3, 0.4) is 0 Å². The Balaban J connectivity index is 2.04. The first kappa shape index (κ1) is 6.64. The maximum absolute atomic E-state index is 10.7. The topological polar surface area (TPSA) is 44.7 Å². The van der Waals surface area contributed by atoms with Crippen LogP contribution in [0.25, 0.3) is 0 Å². The summed E-state index contributed by atoms with van der Waals surface area (Å²) in [6.07, 6.45) is 2.46. The molecular formula is C7H11N3O. The molecule has 1 saturated heterocycles. The van der Waals surface area contributed by atoms with Gasteiger partial charge in [0.05, 0.1) is 6.54 Å². The molecule has 0 saturated carbocycles. The van der Waals surface area contributed by atoms with E-state index in [-0.39, 0.29) is 6.03 Å². The van der Waals surface area contributed by atoms with Gasteiger partial charge in [0.15, 0.2) is 0 Å². The van der Waals surface area contributed by atoms with E-state index < -0.39 is 0 Å². The van der Waals surface area contributed by atoms with Crippen molar-refractivity contribution in [3.8, 4) is 0 Å². The largest absolute Gasteiger partial charge is 0.358 e. The van der Waals surface area contributed by atoms with Gasteiger partial charge in [-0.15, -0.1) is 0 Å². The molecule has 2 heterocycles. The zero-order valence-corrected chi connectivity index (χ0v) is 6.34. The number of nitrogens with zero attached hydrogens (tertiary/aromatic N) is 2. The predicted octanol–water partition coefficient (Wildman–Crippen LogP) is 0.204. The zero-order chi connectivity index (χ0) is 7.68. The lowest BCUT2D eigenvalue weighted by Crippen LogP contribution is -2.31. The third-order valence-corrected chi connectivity index (χ3v) is 2.10. The number of hydrogen-bond donors (Lipinski definition) is 1. The van der Waals surface area contributed by atoms with Crippen molar-refractivity contribution in [2.24, 2.45) is 4.99 Å². The Kier molecular flexibility index (Phi) is 1.52. The fourth-order valence-electron chi connectivity index (χ4n) is 1.51. The smallest absolute Gasteiger partial charge is 0.343 e. The van der Waals surface area contributed by atoms with Gasteiger partial charge in [0.25, 0.3) is 0 Å². The van der Waals surface area contributed by atoms with Gasteiger partial charge in [0.1, 0.15) is 5.84 Å². The summed E-state index contributed by atoms with van der Waals surface area (Å²) in [5.74, 6) is 0.924. The minimum absolute atomic E-state index is 0.188. The van der Waals surface area contributed by atoms with E-state index in [0.717, 1.165) is 18.9 Å². The molecule has 2 aliphatic rings. The molecule has 0 aromatic rings. The molecule has 0 radical (unpaired) electrons. The SMILES string of the molecule is O=C1N=C(N2CCCC2)CN1. The van der Waals surface area contributed by atoms with Crippen LogP contribution in [0.4, 0.5) is 4.79 Å². The standard InChI is InChI=1S/C7H11N3O/c11-7-8-5-6(9-7)10-3-1-2-4-10/h1-5H2,(H,8,11). The van der Waals surface area contributed by atoms with Crippen molar-refractivity contribution in [3.05, 3.63) is 0 Å². The lowest BCUT2D eigenvalue weighted by atomic mass is 10.4. The van der Waals surface area contributed by atoms with E-state index in [1.807, 2.05) is 0 Å². The second-order valence-corrected chi connectivity index (χ2v) is 2.88. The van der Waals surface area contributed by atoms with Gasteiger partial charge in [-0.3, -0.25) is 0 Å². The van der Waals surface area contributed by atoms with E-state index in [0.29, 0.717) is 6.54 Å². The summed E-state index contributed by atoms with van der Waals surface area (Å²) < 4.78 is 0. The van der Waals surface area contributed by atoms with Gasteiger partial charge in [-0.05, 0) is 12.8 Å². The Hall–Kier alpha value is -1.06. The molecule has 0 aromatic heterocycles. The highest BCUT2D eigenvalue weighted by molar-refractivity contribution is 6.01. The molecule has 4 nitrogen and oxygen atoms in total. The first-order chi connectivity index (χ1) is 5.36. The average Bonchev–Trinajstić information content (AvgIpc) is 2.55. The molecule has 0 unspecified atom stereocenters. The van der Waals surface area contributed by atoms with Crippen LogP contribution in [0.15, 0.2) is 4.99 Å². The van der Waals surface area contributed by atoms with Crippen molar-refractivity contribution >= 4 is 11.9 Å². The Morgan fingerprint density at radius 2 is 2.09 bits per heavy atom. The Morgan fingerprint density at radius 1 is 1.36 bits per heavy atom. The monoisotopic (exact) mass is 153 g/mol. The van der Waals surface area contributed by atoms with E-state index in [1.54, 1.807) is 0 Å². The minimum Gasteiger partial charge on any atom is -0.358 e. The number of aliphatic imine (C=N–C) groups is 1. The average molecular weight is 153 g/mol. The summed E-state index contributed by atoms with van der Waals surface area (Å²) in [6.45, 7) is 2.75. The number of likely N-dealkylation sites (tertiary alicyclic amines) is 1. The Labute approximate surface area is 65.3 Å². The van der Waals surface area contributed by atoms with Gasteiger partial charge in [0.2, 0.25) is 0 Å². The van der Waals surface area contributed by atoms with Crippen LogP contribution < -0.4 is 5.32 Å². The van der Waals surface area contributed by atoms with Crippen LogP contribution in [-0.4, -0.2) is 36.4 Å². The van der Waals surface area contributed by atoms with E-state index >= 15 is 0 Å². The molecule has 4 heteroatoms. The summed E-state index contributed by atoms with van der Waals surface area (Å²) >= 11 is 0. The van der Waals surface area contributed by atoms with Crippen molar-refractivity contribution in [3.63, 3.8) is 0 Å².